The van der Waals surface area contributed by atoms with Crippen molar-refractivity contribution in [1.82, 2.24) is 5.01 Å². The summed E-state index contributed by atoms with van der Waals surface area (Å²) < 4.78 is 0. The van der Waals surface area contributed by atoms with Crippen LogP contribution in [-0.4, -0.2) is 28.0 Å². The van der Waals surface area contributed by atoms with Crippen molar-refractivity contribution in [3.63, 3.8) is 0 Å². The van der Waals surface area contributed by atoms with Gasteiger partial charge in [-0.2, -0.15) is 10.1 Å². The van der Waals surface area contributed by atoms with Gasteiger partial charge in [0.1, 0.15) is 0 Å². The molecule has 6 atom stereocenters. The van der Waals surface area contributed by atoms with E-state index in [0.29, 0.717) is 11.8 Å². The lowest BCUT2D eigenvalue weighted by Gasteiger charge is -2.37. The van der Waals surface area contributed by atoms with Gasteiger partial charge in [-0.05, 0) is 36.2 Å². The second-order valence-corrected chi connectivity index (χ2v) is 7.20. The fourth-order valence-electron chi connectivity index (χ4n) is 4.94. The zero-order valence-electron chi connectivity index (χ0n) is 13.2. The van der Waals surface area contributed by atoms with E-state index in [1.807, 2.05) is 0 Å². The van der Waals surface area contributed by atoms with Gasteiger partial charge < -0.3 is 0 Å². The van der Waals surface area contributed by atoms with E-state index in [0.717, 1.165) is 11.4 Å². The summed E-state index contributed by atoms with van der Waals surface area (Å²) in [7, 11) is 0. The van der Waals surface area contributed by atoms with E-state index in [2.05, 4.69) is 17.3 Å². The molecule has 0 aromatic heterocycles. The lowest BCUT2D eigenvalue weighted by molar-refractivity contribution is -0.385. The molecule has 126 valence electrons. The van der Waals surface area contributed by atoms with E-state index in [1.54, 1.807) is 18.2 Å². The highest BCUT2D eigenvalue weighted by Crippen LogP contribution is 2.65. The molecule has 1 aliphatic heterocycles. The monoisotopic (exact) mass is 337 g/mol. The number of benzene rings is 1. The molecule has 2 amide bonds. The summed E-state index contributed by atoms with van der Waals surface area (Å²) in [5.41, 5.74) is 0.164. The van der Waals surface area contributed by atoms with Gasteiger partial charge in [0.2, 0.25) is 0 Å². The Morgan fingerprint density at radius 3 is 2.28 bits per heavy atom. The number of hydrazone groups is 1. The fourth-order valence-corrected chi connectivity index (χ4v) is 4.94. The van der Waals surface area contributed by atoms with E-state index < -0.39 is 4.92 Å². The average Bonchev–Trinajstić information content (AvgIpc) is 3.39. The Balaban J connectivity index is 1.46. The van der Waals surface area contributed by atoms with Gasteiger partial charge in [-0.15, -0.1) is 0 Å². The average molecular weight is 337 g/mol. The quantitative estimate of drug-likeness (QED) is 0.277. The molecule has 25 heavy (non-hydrogen) atoms. The predicted octanol–water partition coefficient (Wildman–Crippen LogP) is 1.98. The first-order valence-electron chi connectivity index (χ1n) is 8.41. The molecule has 0 unspecified atom stereocenters. The highest BCUT2D eigenvalue weighted by atomic mass is 16.6. The maximum Gasteiger partial charge on any atom is 0.278 e. The van der Waals surface area contributed by atoms with Crippen LogP contribution in [0.1, 0.15) is 12.0 Å². The maximum absolute atomic E-state index is 12.8. The number of hydrogen-bond acceptors (Lipinski definition) is 5. The van der Waals surface area contributed by atoms with Gasteiger partial charge in [0, 0.05) is 6.07 Å². The summed E-state index contributed by atoms with van der Waals surface area (Å²) in [6.07, 6.45) is 6.54. The first-order valence-corrected chi connectivity index (χ1v) is 8.41. The van der Waals surface area contributed by atoms with Gasteiger partial charge in [-0.3, -0.25) is 19.7 Å². The van der Waals surface area contributed by atoms with Crippen LogP contribution >= 0.6 is 0 Å². The summed E-state index contributed by atoms with van der Waals surface area (Å²) in [6.45, 7) is 0. The molecule has 2 saturated carbocycles. The summed E-state index contributed by atoms with van der Waals surface area (Å²) in [4.78, 5) is 36.1. The number of allylic oxidation sites excluding steroid dienone is 2. The predicted molar refractivity (Wildman–Crippen MR) is 87.2 cm³/mol. The van der Waals surface area contributed by atoms with Gasteiger partial charge in [0.25, 0.3) is 17.5 Å². The topological polar surface area (TPSA) is 92.9 Å². The third-order valence-electron chi connectivity index (χ3n) is 6.09. The van der Waals surface area contributed by atoms with Crippen molar-refractivity contribution in [3.05, 3.63) is 52.1 Å². The Morgan fingerprint density at radius 1 is 1.08 bits per heavy atom. The number of carbonyl (C=O) groups excluding carboxylic acids is 2. The molecule has 6 rings (SSSR count). The minimum atomic E-state index is -0.508. The smallest absolute Gasteiger partial charge is 0.272 e. The van der Waals surface area contributed by atoms with Crippen LogP contribution in [0.5, 0.6) is 0 Å². The number of para-hydroxylation sites is 1. The standard InChI is InChI=1S/C18H15N3O4/c22-17-15-10-5-6-11(13-7-12(10)13)16(15)18(23)20(17)19-8-9-3-1-2-4-14(9)21(24)25/h1-6,8,10-13,15-16H,7H2/b19-8-/t10-,11-,12-,13-,15-,16+/m0/s1. The molecule has 0 radical (unpaired) electrons. The Bertz CT molecular complexity index is 841. The third-order valence-corrected chi connectivity index (χ3v) is 6.09. The molecular formula is C18H15N3O4. The molecule has 2 bridgehead atoms. The first kappa shape index (κ1) is 14.5. The summed E-state index contributed by atoms with van der Waals surface area (Å²) >= 11 is 0. The number of nitro benzene ring substituents is 1. The molecule has 5 aliphatic rings. The Kier molecular flexibility index (Phi) is 2.81. The van der Waals surface area contributed by atoms with Crippen LogP contribution < -0.4 is 0 Å². The Labute approximate surface area is 143 Å². The summed E-state index contributed by atoms with van der Waals surface area (Å²) in [5, 5.41) is 16.0. The van der Waals surface area contributed by atoms with Crippen LogP contribution in [0, 0.1) is 45.6 Å². The minimum Gasteiger partial charge on any atom is -0.272 e. The van der Waals surface area contributed by atoms with E-state index in [1.165, 1.54) is 12.3 Å². The van der Waals surface area contributed by atoms with Gasteiger partial charge in [-0.25, -0.2) is 0 Å². The van der Waals surface area contributed by atoms with E-state index in [4.69, 9.17) is 0 Å². The number of rotatable bonds is 3. The summed E-state index contributed by atoms with van der Waals surface area (Å²) in [6, 6.07) is 6.12. The SMILES string of the molecule is O=C1[C@@H]2[C@H]3C=C[C@@H]([C@@H]4C[C@@H]34)[C@@H]2C(=O)N1/N=C\c1ccccc1[N+](=O)[O-]. The van der Waals surface area contributed by atoms with Crippen LogP contribution in [0.25, 0.3) is 0 Å². The second kappa shape index (κ2) is 4.84. The molecule has 4 aliphatic carbocycles. The number of carbonyl (C=O) groups is 2. The van der Waals surface area contributed by atoms with Crippen LogP contribution in [-0.2, 0) is 9.59 Å². The number of imide groups is 1. The number of hydrogen-bond donors (Lipinski definition) is 0. The van der Waals surface area contributed by atoms with E-state index >= 15 is 0 Å². The zero-order valence-corrected chi connectivity index (χ0v) is 13.2. The highest BCUT2D eigenvalue weighted by molar-refractivity contribution is 6.06. The molecule has 3 fully saturated rings. The van der Waals surface area contributed by atoms with Crippen molar-refractivity contribution in [3.8, 4) is 0 Å². The van der Waals surface area contributed by atoms with Crippen molar-refractivity contribution in [2.75, 3.05) is 0 Å². The summed E-state index contributed by atoms with van der Waals surface area (Å²) in [5.74, 6) is 0.192. The molecule has 0 spiro atoms. The molecular weight excluding hydrogens is 322 g/mol. The third kappa shape index (κ3) is 1.89. The lowest BCUT2D eigenvalue weighted by atomic mass is 9.63. The van der Waals surface area contributed by atoms with E-state index in [9.17, 15) is 19.7 Å². The van der Waals surface area contributed by atoms with Crippen molar-refractivity contribution < 1.29 is 14.5 Å². The molecule has 0 N–H and O–H groups in total. The van der Waals surface area contributed by atoms with Crippen LogP contribution in [0.4, 0.5) is 5.69 Å². The van der Waals surface area contributed by atoms with Gasteiger partial charge in [0.05, 0.1) is 28.5 Å². The highest BCUT2D eigenvalue weighted by Gasteiger charge is 2.67. The molecule has 7 nitrogen and oxygen atoms in total. The fraction of sp³-hybridized carbons (Fsp3) is 0.389. The zero-order chi connectivity index (χ0) is 17.3. The van der Waals surface area contributed by atoms with E-state index in [-0.39, 0.29) is 46.7 Å². The largest absolute Gasteiger partial charge is 0.278 e. The van der Waals surface area contributed by atoms with Crippen LogP contribution in [0.2, 0.25) is 0 Å². The van der Waals surface area contributed by atoms with Crippen LogP contribution in [0.3, 0.4) is 0 Å². The Morgan fingerprint density at radius 2 is 1.68 bits per heavy atom. The number of amides is 2. The maximum atomic E-state index is 12.8. The number of nitro groups is 1. The molecule has 1 aromatic carbocycles. The van der Waals surface area contributed by atoms with Crippen molar-refractivity contribution in [1.29, 1.82) is 0 Å². The Hall–Kier alpha value is -2.83. The van der Waals surface area contributed by atoms with Gasteiger partial charge in [-0.1, -0.05) is 24.3 Å². The van der Waals surface area contributed by atoms with Gasteiger partial charge >= 0.3 is 0 Å². The molecule has 1 saturated heterocycles. The van der Waals surface area contributed by atoms with Gasteiger partial charge in [0.15, 0.2) is 0 Å². The van der Waals surface area contributed by atoms with Crippen molar-refractivity contribution in [2.24, 2.45) is 40.6 Å². The molecule has 1 aromatic rings. The second-order valence-electron chi connectivity index (χ2n) is 7.20. The minimum absolute atomic E-state index is 0.106. The van der Waals surface area contributed by atoms with Crippen molar-refractivity contribution in [2.45, 2.75) is 6.42 Å². The van der Waals surface area contributed by atoms with Crippen LogP contribution in [0.15, 0.2) is 41.5 Å². The normalized spacial score (nSPS) is 37.5. The molecule has 1 heterocycles. The first-order chi connectivity index (χ1) is 12.1. The number of nitrogens with zero attached hydrogens (tertiary/aromatic N) is 3. The van der Waals surface area contributed by atoms with Crippen molar-refractivity contribution >= 4 is 23.7 Å². The lowest BCUT2D eigenvalue weighted by Crippen LogP contribution is -2.40. The molecule has 7 heteroatoms.